The van der Waals surface area contributed by atoms with Crippen LogP contribution in [0.5, 0.6) is 0 Å². The first-order valence-electron chi connectivity index (χ1n) is 6.00. The number of nitrogens with one attached hydrogen (secondary N) is 1. The fraction of sp³-hybridized carbons (Fsp3) is 0.909. The van der Waals surface area contributed by atoms with Crippen molar-refractivity contribution in [2.75, 3.05) is 45.8 Å². The third-order valence-corrected chi connectivity index (χ3v) is 3.40. The standard InChI is InChI=1S/C11H21N3O/c1-2-14-9-10(7-11(14)15)8-13-5-3-12-4-6-13/h10,12H,2-9H2,1H3. The second-order valence-electron chi connectivity index (χ2n) is 4.55. The van der Waals surface area contributed by atoms with Gasteiger partial charge in [0.05, 0.1) is 0 Å². The minimum absolute atomic E-state index is 0.345. The molecule has 2 rings (SSSR count). The lowest BCUT2D eigenvalue weighted by Crippen LogP contribution is -2.45. The van der Waals surface area contributed by atoms with E-state index in [0.29, 0.717) is 11.8 Å². The van der Waals surface area contributed by atoms with E-state index in [2.05, 4.69) is 17.1 Å². The molecule has 86 valence electrons. The Balaban J connectivity index is 1.78. The molecule has 0 bridgehead atoms. The number of nitrogens with zero attached hydrogens (tertiary/aromatic N) is 2. The number of likely N-dealkylation sites (tertiary alicyclic amines) is 1. The maximum absolute atomic E-state index is 11.6. The molecule has 2 aliphatic rings. The van der Waals surface area contributed by atoms with Crippen LogP contribution in [0.1, 0.15) is 13.3 Å². The molecule has 0 aliphatic carbocycles. The largest absolute Gasteiger partial charge is 0.343 e. The van der Waals surface area contributed by atoms with Gasteiger partial charge in [0.2, 0.25) is 5.91 Å². The minimum Gasteiger partial charge on any atom is -0.343 e. The van der Waals surface area contributed by atoms with Crippen LogP contribution in [0.2, 0.25) is 0 Å². The molecular weight excluding hydrogens is 190 g/mol. The highest BCUT2D eigenvalue weighted by Crippen LogP contribution is 2.18. The maximum Gasteiger partial charge on any atom is 0.222 e. The van der Waals surface area contributed by atoms with Crippen LogP contribution in [0.4, 0.5) is 0 Å². The van der Waals surface area contributed by atoms with E-state index in [-0.39, 0.29) is 0 Å². The quantitative estimate of drug-likeness (QED) is 0.700. The van der Waals surface area contributed by atoms with Crippen molar-refractivity contribution >= 4 is 5.91 Å². The average Bonchev–Trinajstić information content (AvgIpc) is 2.60. The third kappa shape index (κ3) is 2.69. The Hall–Kier alpha value is -0.610. The number of hydrogen-bond acceptors (Lipinski definition) is 3. The van der Waals surface area contributed by atoms with Gasteiger partial charge in [-0.1, -0.05) is 0 Å². The molecule has 0 radical (unpaired) electrons. The molecule has 0 spiro atoms. The number of piperazine rings is 1. The van der Waals surface area contributed by atoms with Crippen molar-refractivity contribution in [3.05, 3.63) is 0 Å². The number of hydrogen-bond donors (Lipinski definition) is 1. The number of carbonyl (C=O) groups excluding carboxylic acids is 1. The smallest absolute Gasteiger partial charge is 0.222 e. The van der Waals surface area contributed by atoms with E-state index in [9.17, 15) is 4.79 Å². The number of carbonyl (C=O) groups is 1. The lowest BCUT2D eigenvalue weighted by Gasteiger charge is -2.29. The zero-order chi connectivity index (χ0) is 10.7. The summed E-state index contributed by atoms with van der Waals surface area (Å²) < 4.78 is 0. The Kier molecular flexibility index (Phi) is 3.59. The van der Waals surface area contributed by atoms with E-state index >= 15 is 0 Å². The Labute approximate surface area is 91.6 Å². The molecule has 2 aliphatic heterocycles. The van der Waals surface area contributed by atoms with Crippen LogP contribution in [0.15, 0.2) is 0 Å². The van der Waals surface area contributed by atoms with Gasteiger partial charge < -0.3 is 15.1 Å². The molecule has 15 heavy (non-hydrogen) atoms. The van der Waals surface area contributed by atoms with E-state index in [1.807, 2.05) is 4.90 Å². The van der Waals surface area contributed by atoms with E-state index < -0.39 is 0 Å². The predicted octanol–water partition coefficient (Wildman–Crippen LogP) is -0.240. The summed E-state index contributed by atoms with van der Waals surface area (Å²) in [5.41, 5.74) is 0. The van der Waals surface area contributed by atoms with Crippen molar-refractivity contribution in [1.29, 1.82) is 0 Å². The third-order valence-electron chi connectivity index (χ3n) is 3.40. The molecule has 1 N–H and O–H groups in total. The van der Waals surface area contributed by atoms with Crippen molar-refractivity contribution in [3.63, 3.8) is 0 Å². The number of amides is 1. The highest BCUT2D eigenvalue weighted by atomic mass is 16.2. The maximum atomic E-state index is 11.6. The van der Waals surface area contributed by atoms with Crippen molar-refractivity contribution in [2.45, 2.75) is 13.3 Å². The van der Waals surface area contributed by atoms with E-state index in [0.717, 1.165) is 52.2 Å². The van der Waals surface area contributed by atoms with Gasteiger partial charge in [-0.3, -0.25) is 4.79 Å². The van der Waals surface area contributed by atoms with Gasteiger partial charge in [-0.15, -0.1) is 0 Å². The molecular formula is C11H21N3O. The molecule has 1 atom stereocenters. The van der Waals surface area contributed by atoms with Gasteiger partial charge in [0.15, 0.2) is 0 Å². The first kappa shape index (κ1) is 10.9. The highest BCUT2D eigenvalue weighted by molar-refractivity contribution is 5.78. The van der Waals surface area contributed by atoms with Gasteiger partial charge in [-0.2, -0.15) is 0 Å². The zero-order valence-electron chi connectivity index (χ0n) is 9.54. The molecule has 0 aromatic heterocycles. The van der Waals surface area contributed by atoms with Gasteiger partial charge in [-0.25, -0.2) is 0 Å². The second-order valence-corrected chi connectivity index (χ2v) is 4.55. The minimum atomic E-state index is 0.345. The Morgan fingerprint density at radius 1 is 1.40 bits per heavy atom. The Bertz CT molecular complexity index is 226. The van der Waals surface area contributed by atoms with Crippen molar-refractivity contribution in [3.8, 4) is 0 Å². The van der Waals surface area contributed by atoms with Crippen LogP contribution in [0.25, 0.3) is 0 Å². The topological polar surface area (TPSA) is 35.6 Å². The van der Waals surface area contributed by atoms with Gasteiger partial charge in [0.25, 0.3) is 0 Å². The summed E-state index contributed by atoms with van der Waals surface area (Å²) >= 11 is 0. The van der Waals surface area contributed by atoms with Crippen LogP contribution in [0, 0.1) is 5.92 Å². The summed E-state index contributed by atoms with van der Waals surface area (Å²) in [6.07, 6.45) is 0.762. The summed E-state index contributed by atoms with van der Waals surface area (Å²) in [6.45, 7) is 9.47. The van der Waals surface area contributed by atoms with Crippen LogP contribution in [-0.4, -0.2) is 61.5 Å². The summed E-state index contributed by atoms with van der Waals surface area (Å²) in [5.74, 6) is 0.910. The van der Waals surface area contributed by atoms with Crippen LogP contribution >= 0.6 is 0 Å². The van der Waals surface area contributed by atoms with Gasteiger partial charge >= 0.3 is 0 Å². The van der Waals surface area contributed by atoms with E-state index in [1.165, 1.54) is 0 Å². The lowest BCUT2D eigenvalue weighted by atomic mass is 10.1. The van der Waals surface area contributed by atoms with Crippen LogP contribution in [0.3, 0.4) is 0 Å². The van der Waals surface area contributed by atoms with Crippen molar-refractivity contribution in [1.82, 2.24) is 15.1 Å². The predicted molar refractivity (Wildman–Crippen MR) is 59.7 cm³/mol. The molecule has 1 unspecified atom stereocenters. The summed E-state index contributed by atoms with van der Waals surface area (Å²) in [4.78, 5) is 16.0. The van der Waals surface area contributed by atoms with E-state index in [4.69, 9.17) is 0 Å². The molecule has 0 aromatic carbocycles. The lowest BCUT2D eigenvalue weighted by molar-refractivity contribution is -0.127. The SMILES string of the molecule is CCN1CC(CN2CCNCC2)CC1=O. The molecule has 2 heterocycles. The van der Waals surface area contributed by atoms with Gasteiger partial charge in [0.1, 0.15) is 0 Å². The first-order chi connectivity index (χ1) is 7.29. The normalized spacial score (nSPS) is 28.7. The first-order valence-corrected chi connectivity index (χ1v) is 6.00. The average molecular weight is 211 g/mol. The molecule has 0 aromatic rings. The molecule has 2 fully saturated rings. The molecule has 0 saturated carbocycles. The van der Waals surface area contributed by atoms with Crippen molar-refractivity contribution < 1.29 is 4.79 Å². The molecule has 2 saturated heterocycles. The Morgan fingerprint density at radius 2 is 2.13 bits per heavy atom. The Morgan fingerprint density at radius 3 is 2.73 bits per heavy atom. The fourth-order valence-corrected chi connectivity index (χ4v) is 2.54. The van der Waals surface area contributed by atoms with Gasteiger partial charge in [0, 0.05) is 52.2 Å². The van der Waals surface area contributed by atoms with E-state index in [1.54, 1.807) is 0 Å². The fourth-order valence-electron chi connectivity index (χ4n) is 2.54. The molecule has 4 heteroatoms. The molecule has 1 amide bonds. The van der Waals surface area contributed by atoms with Gasteiger partial charge in [-0.05, 0) is 12.8 Å². The van der Waals surface area contributed by atoms with Crippen LogP contribution < -0.4 is 5.32 Å². The summed E-state index contributed by atoms with van der Waals surface area (Å²) in [5, 5.41) is 3.35. The molecule has 4 nitrogen and oxygen atoms in total. The summed E-state index contributed by atoms with van der Waals surface area (Å²) in [7, 11) is 0. The van der Waals surface area contributed by atoms with Crippen LogP contribution in [-0.2, 0) is 4.79 Å². The second kappa shape index (κ2) is 4.94. The highest BCUT2D eigenvalue weighted by Gasteiger charge is 2.29. The monoisotopic (exact) mass is 211 g/mol. The summed E-state index contributed by atoms with van der Waals surface area (Å²) in [6, 6.07) is 0. The zero-order valence-corrected chi connectivity index (χ0v) is 9.54. The van der Waals surface area contributed by atoms with Crippen molar-refractivity contribution in [2.24, 2.45) is 5.92 Å². The number of rotatable bonds is 3.